The maximum absolute atomic E-state index is 10.8. The maximum Gasteiger partial charge on any atom is 0.330 e. The van der Waals surface area contributed by atoms with Gasteiger partial charge in [0.2, 0.25) is 0 Å². The quantitative estimate of drug-likeness (QED) is 0.164. The zero-order valence-electron chi connectivity index (χ0n) is 16.3. The van der Waals surface area contributed by atoms with E-state index >= 15 is 0 Å². The van der Waals surface area contributed by atoms with Crippen LogP contribution in [0.2, 0.25) is 0 Å². The van der Waals surface area contributed by atoms with Gasteiger partial charge in [0.05, 0.1) is 6.61 Å². The molecule has 0 saturated carbocycles. The van der Waals surface area contributed by atoms with Crippen LogP contribution in [0.3, 0.4) is 0 Å². The van der Waals surface area contributed by atoms with Crippen molar-refractivity contribution in [1.82, 2.24) is 6.15 Å². The van der Waals surface area contributed by atoms with Crippen molar-refractivity contribution in [2.45, 2.75) is 110 Å². The fraction of sp³-hybridized carbons (Fsp3) is 0.857. The summed E-state index contributed by atoms with van der Waals surface area (Å²) in [7, 11) is 0. The molecule has 0 fully saturated rings. The number of esters is 1. The average molecular weight is 342 g/mol. The summed E-state index contributed by atoms with van der Waals surface area (Å²) in [6.45, 7) is 6.20. The van der Waals surface area contributed by atoms with Crippen LogP contribution in [0.25, 0.3) is 0 Å². The molecule has 0 radical (unpaired) electrons. The van der Waals surface area contributed by atoms with Gasteiger partial charge in [-0.3, -0.25) is 0 Å². The molecular formula is C21H43NO2. The summed E-state index contributed by atoms with van der Waals surface area (Å²) in [6.07, 6.45) is 23.0. The normalized spacial score (nSPS) is 10.2. The molecule has 0 spiro atoms. The highest BCUT2D eigenvalue weighted by atomic mass is 16.5. The Morgan fingerprint density at radius 1 is 0.708 bits per heavy atom. The summed E-state index contributed by atoms with van der Waals surface area (Å²) < 4.78 is 4.95. The van der Waals surface area contributed by atoms with Gasteiger partial charge in [-0.1, -0.05) is 110 Å². The third-order valence-corrected chi connectivity index (χ3v) is 4.41. The van der Waals surface area contributed by atoms with Crippen LogP contribution in [0.5, 0.6) is 0 Å². The first-order chi connectivity index (χ1) is 11.3. The maximum atomic E-state index is 10.8. The van der Waals surface area contributed by atoms with Crippen molar-refractivity contribution >= 4 is 5.97 Å². The second-order valence-corrected chi connectivity index (χ2v) is 6.67. The standard InChI is InChI=1S/C21H40O2.H3N/c1-3-5-6-7-8-9-10-11-12-13-14-15-16-17-18-19-20-23-21(22)4-2;/h4H,2-3,5-20H2,1H3;1H3. The number of carbonyl (C=O) groups is 1. The Morgan fingerprint density at radius 2 is 1.04 bits per heavy atom. The third-order valence-electron chi connectivity index (χ3n) is 4.41. The first-order valence-electron chi connectivity index (χ1n) is 10.1. The Kier molecular flexibility index (Phi) is 23.5. The van der Waals surface area contributed by atoms with Crippen LogP contribution in [0.15, 0.2) is 12.7 Å². The molecule has 0 amide bonds. The van der Waals surface area contributed by atoms with Gasteiger partial charge in [-0.05, 0) is 6.42 Å². The lowest BCUT2D eigenvalue weighted by atomic mass is 10.0. The predicted octanol–water partition coefficient (Wildman–Crippen LogP) is 7.14. The van der Waals surface area contributed by atoms with E-state index < -0.39 is 0 Å². The van der Waals surface area contributed by atoms with E-state index in [1.54, 1.807) is 0 Å². The molecule has 144 valence electrons. The molecule has 3 N–H and O–H groups in total. The monoisotopic (exact) mass is 341 g/mol. The van der Waals surface area contributed by atoms with Gasteiger partial charge in [0.25, 0.3) is 0 Å². The fourth-order valence-corrected chi connectivity index (χ4v) is 2.88. The van der Waals surface area contributed by atoms with E-state index in [1.807, 2.05) is 0 Å². The van der Waals surface area contributed by atoms with Crippen LogP contribution in [0.4, 0.5) is 0 Å². The molecule has 0 unspecified atom stereocenters. The van der Waals surface area contributed by atoms with Crippen LogP contribution >= 0.6 is 0 Å². The van der Waals surface area contributed by atoms with Crippen molar-refractivity contribution in [3.8, 4) is 0 Å². The van der Waals surface area contributed by atoms with E-state index in [9.17, 15) is 4.79 Å². The second kappa shape index (κ2) is 22.2. The van der Waals surface area contributed by atoms with E-state index in [0.29, 0.717) is 6.61 Å². The molecular weight excluding hydrogens is 298 g/mol. The zero-order valence-corrected chi connectivity index (χ0v) is 16.3. The minimum atomic E-state index is -0.300. The largest absolute Gasteiger partial charge is 0.463 e. The van der Waals surface area contributed by atoms with Crippen molar-refractivity contribution < 1.29 is 9.53 Å². The van der Waals surface area contributed by atoms with Gasteiger partial charge in [0.1, 0.15) is 0 Å². The molecule has 0 heterocycles. The van der Waals surface area contributed by atoms with Crippen molar-refractivity contribution in [2.24, 2.45) is 0 Å². The lowest BCUT2D eigenvalue weighted by Crippen LogP contribution is -2.01. The summed E-state index contributed by atoms with van der Waals surface area (Å²) >= 11 is 0. The smallest absolute Gasteiger partial charge is 0.330 e. The Hall–Kier alpha value is -0.830. The van der Waals surface area contributed by atoms with Crippen LogP contribution in [-0.2, 0) is 9.53 Å². The molecule has 0 aliphatic heterocycles. The topological polar surface area (TPSA) is 61.3 Å². The van der Waals surface area contributed by atoms with Gasteiger partial charge < -0.3 is 10.9 Å². The molecule has 0 aliphatic rings. The Bertz CT molecular complexity index is 267. The SMILES string of the molecule is C=CC(=O)OCCCCCCCCCCCCCCCCCC.N. The number of carbonyl (C=O) groups excluding carboxylic acids is 1. The fourth-order valence-electron chi connectivity index (χ4n) is 2.88. The van der Waals surface area contributed by atoms with Crippen LogP contribution in [0, 0.1) is 0 Å². The summed E-state index contributed by atoms with van der Waals surface area (Å²) in [5.74, 6) is -0.300. The number of rotatable bonds is 18. The lowest BCUT2D eigenvalue weighted by Gasteiger charge is -2.04. The van der Waals surface area contributed by atoms with Crippen molar-refractivity contribution in [3.05, 3.63) is 12.7 Å². The van der Waals surface area contributed by atoms with Crippen molar-refractivity contribution in [2.75, 3.05) is 6.61 Å². The van der Waals surface area contributed by atoms with E-state index in [4.69, 9.17) is 4.74 Å². The summed E-state index contributed by atoms with van der Waals surface area (Å²) in [4.78, 5) is 10.8. The van der Waals surface area contributed by atoms with Crippen LogP contribution in [-0.4, -0.2) is 12.6 Å². The molecule has 3 heteroatoms. The van der Waals surface area contributed by atoms with Crippen LogP contribution < -0.4 is 6.15 Å². The average Bonchev–Trinajstić information content (AvgIpc) is 2.57. The summed E-state index contributed by atoms with van der Waals surface area (Å²) in [6, 6.07) is 0. The van der Waals surface area contributed by atoms with Crippen molar-refractivity contribution in [3.63, 3.8) is 0 Å². The summed E-state index contributed by atoms with van der Waals surface area (Å²) in [5.41, 5.74) is 0. The molecule has 0 aromatic heterocycles. The highest BCUT2D eigenvalue weighted by molar-refractivity contribution is 5.81. The minimum Gasteiger partial charge on any atom is -0.463 e. The van der Waals surface area contributed by atoms with Crippen molar-refractivity contribution in [1.29, 1.82) is 0 Å². The molecule has 0 aromatic carbocycles. The van der Waals surface area contributed by atoms with E-state index in [0.717, 1.165) is 6.42 Å². The highest BCUT2D eigenvalue weighted by Crippen LogP contribution is 2.13. The second-order valence-electron chi connectivity index (χ2n) is 6.67. The Morgan fingerprint density at radius 3 is 1.38 bits per heavy atom. The van der Waals surface area contributed by atoms with E-state index in [-0.39, 0.29) is 12.1 Å². The Balaban J connectivity index is 0. The third kappa shape index (κ3) is 21.2. The molecule has 0 aromatic rings. The molecule has 0 atom stereocenters. The van der Waals surface area contributed by atoms with E-state index in [2.05, 4.69) is 13.5 Å². The molecule has 3 nitrogen and oxygen atoms in total. The van der Waals surface area contributed by atoms with Gasteiger partial charge in [-0.25, -0.2) is 4.79 Å². The first-order valence-corrected chi connectivity index (χ1v) is 10.1. The summed E-state index contributed by atoms with van der Waals surface area (Å²) in [5, 5.41) is 0. The molecule has 24 heavy (non-hydrogen) atoms. The first kappa shape index (κ1) is 25.4. The zero-order chi connectivity index (χ0) is 17.0. The Labute approximate surface area is 151 Å². The number of unbranched alkanes of at least 4 members (excludes halogenated alkanes) is 15. The van der Waals surface area contributed by atoms with Gasteiger partial charge >= 0.3 is 5.97 Å². The number of hydrogen-bond donors (Lipinski definition) is 1. The lowest BCUT2D eigenvalue weighted by molar-refractivity contribution is -0.137. The molecule has 0 aliphatic carbocycles. The van der Waals surface area contributed by atoms with Gasteiger partial charge in [0.15, 0.2) is 0 Å². The predicted molar refractivity (Wildman–Crippen MR) is 106 cm³/mol. The highest BCUT2D eigenvalue weighted by Gasteiger charge is 1.96. The molecule has 0 bridgehead atoms. The van der Waals surface area contributed by atoms with Gasteiger partial charge in [0, 0.05) is 6.08 Å². The van der Waals surface area contributed by atoms with Gasteiger partial charge in [-0.2, -0.15) is 0 Å². The van der Waals surface area contributed by atoms with Crippen LogP contribution in [0.1, 0.15) is 110 Å². The molecule has 0 saturated heterocycles. The number of hydrogen-bond acceptors (Lipinski definition) is 3. The number of ether oxygens (including phenoxy) is 1. The van der Waals surface area contributed by atoms with Gasteiger partial charge in [-0.15, -0.1) is 0 Å². The van der Waals surface area contributed by atoms with E-state index in [1.165, 1.54) is 102 Å². The minimum absolute atomic E-state index is 0. The molecule has 0 rings (SSSR count).